The Morgan fingerprint density at radius 2 is 1.83 bits per heavy atom. The van der Waals surface area contributed by atoms with Crippen LogP contribution in [0, 0.1) is 0 Å². The minimum Gasteiger partial charge on any atom is -0.530 e. The van der Waals surface area contributed by atoms with Crippen molar-refractivity contribution in [3.05, 3.63) is 35.9 Å². The van der Waals surface area contributed by atoms with Crippen LogP contribution in [0.2, 0.25) is 0 Å². The molecule has 0 unspecified atom stereocenters. The Kier molecular flexibility index (Phi) is 3.67. The summed E-state index contributed by atoms with van der Waals surface area (Å²) in [5.41, 5.74) is -1.49. The number of carboxylic acid groups (broad SMARTS) is 1. The smallest absolute Gasteiger partial charge is 0.422 e. The van der Waals surface area contributed by atoms with Crippen LogP contribution in [-0.4, -0.2) is 21.4 Å². The second-order valence-corrected chi connectivity index (χ2v) is 4.43. The van der Waals surface area contributed by atoms with E-state index in [-0.39, 0.29) is 5.56 Å². The predicted octanol–water partition coefficient (Wildman–Crippen LogP) is 2.17. The van der Waals surface area contributed by atoms with Crippen molar-refractivity contribution in [2.75, 3.05) is 5.32 Å². The van der Waals surface area contributed by atoms with E-state index in [1.807, 2.05) is 0 Å². The average molecular weight is 339 g/mol. The third-order valence-corrected chi connectivity index (χ3v) is 2.86. The lowest BCUT2D eigenvalue weighted by atomic mass is 10.1. The molecule has 0 spiro atoms. The van der Waals surface area contributed by atoms with E-state index in [4.69, 9.17) is 4.52 Å². The molecule has 11 heteroatoms. The number of alkyl halides is 3. The molecule has 0 fully saturated rings. The van der Waals surface area contributed by atoms with Gasteiger partial charge in [-0.15, -0.1) is 0 Å². The van der Waals surface area contributed by atoms with Gasteiger partial charge in [-0.2, -0.15) is 18.2 Å². The summed E-state index contributed by atoms with van der Waals surface area (Å²) >= 11 is 0. The molecular formula is C13H6F3N4O4-. The minimum absolute atomic E-state index is 0.174. The number of hydrogen-bond acceptors (Lipinski definition) is 7. The highest BCUT2D eigenvalue weighted by molar-refractivity contribution is 5.78. The van der Waals surface area contributed by atoms with Gasteiger partial charge >= 0.3 is 6.18 Å². The van der Waals surface area contributed by atoms with Gasteiger partial charge in [0.25, 0.3) is 11.8 Å². The number of nitrogens with one attached hydrogen (secondary N) is 1. The molecule has 0 bridgehead atoms. The van der Waals surface area contributed by atoms with Crippen molar-refractivity contribution in [3.63, 3.8) is 0 Å². The summed E-state index contributed by atoms with van der Waals surface area (Å²) in [4.78, 5) is 13.8. The molecule has 0 saturated heterocycles. The molecule has 0 atom stereocenters. The van der Waals surface area contributed by atoms with Crippen molar-refractivity contribution in [1.82, 2.24) is 15.3 Å². The van der Waals surface area contributed by atoms with Gasteiger partial charge in [-0.25, -0.2) is 0 Å². The molecule has 24 heavy (non-hydrogen) atoms. The van der Waals surface area contributed by atoms with E-state index in [1.54, 1.807) is 23.5 Å². The molecule has 1 amide bonds. The number of anilines is 1. The lowest BCUT2D eigenvalue weighted by Gasteiger charge is -2.06. The Morgan fingerprint density at radius 3 is 2.46 bits per heavy atom. The fourth-order valence-electron chi connectivity index (χ4n) is 1.95. The van der Waals surface area contributed by atoms with Gasteiger partial charge in [0.1, 0.15) is 17.4 Å². The number of halogens is 3. The molecule has 0 aliphatic carbocycles. The van der Waals surface area contributed by atoms with Gasteiger partial charge in [0.15, 0.2) is 0 Å². The fourth-order valence-corrected chi connectivity index (χ4v) is 1.95. The van der Waals surface area contributed by atoms with Crippen LogP contribution in [0.1, 0.15) is 5.56 Å². The van der Waals surface area contributed by atoms with E-state index < -0.39 is 41.1 Å². The summed E-state index contributed by atoms with van der Waals surface area (Å²) in [5, 5.41) is 18.6. The first kappa shape index (κ1) is 15.5. The highest BCUT2D eigenvalue weighted by Crippen LogP contribution is 2.42. The van der Waals surface area contributed by atoms with E-state index in [0.717, 1.165) is 0 Å². The molecule has 3 rings (SSSR count). The van der Waals surface area contributed by atoms with Crippen molar-refractivity contribution in [3.8, 4) is 22.9 Å². The number of amides is 1. The highest BCUT2D eigenvalue weighted by Gasteiger charge is 2.42. The first-order valence-electron chi connectivity index (χ1n) is 6.30. The number of carbonyl (C=O) groups is 1. The van der Waals surface area contributed by atoms with Gasteiger partial charge in [0.2, 0.25) is 5.76 Å². The largest absolute Gasteiger partial charge is 0.530 e. The van der Waals surface area contributed by atoms with Gasteiger partial charge in [-0.1, -0.05) is 35.5 Å². The molecule has 2 aromatic heterocycles. The van der Waals surface area contributed by atoms with Crippen LogP contribution >= 0.6 is 0 Å². The number of aromatic nitrogens is 3. The predicted molar refractivity (Wildman–Crippen MR) is 69.3 cm³/mol. The maximum atomic E-state index is 13.4. The molecule has 124 valence electrons. The van der Waals surface area contributed by atoms with Gasteiger partial charge in [0, 0.05) is 5.56 Å². The number of nitrogens with zero attached hydrogens (tertiary/aromatic N) is 3. The Bertz CT molecular complexity index is 873. The molecule has 8 nitrogen and oxygen atoms in total. The van der Waals surface area contributed by atoms with Gasteiger partial charge in [-0.3, -0.25) is 0 Å². The Morgan fingerprint density at radius 1 is 1.12 bits per heavy atom. The SMILES string of the molecule is O=C([O-])Nc1noc(-c2onc(-c3ccccc3)c2C(F)(F)F)n1. The van der Waals surface area contributed by atoms with E-state index >= 15 is 0 Å². The minimum atomic E-state index is -4.82. The maximum Gasteiger partial charge on any atom is 0.422 e. The zero-order valence-electron chi connectivity index (χ0n) is 11.5. The van der Waals surface area contributed by atoms with Gasteiger partial charge < -0.3 is 24.3 Å². The zero-order chi connectivity index (χ0) is 17.3. The summed E-state index contributed by atoms with van der Waals surface area (Å²) in [6, 6.07) is 7.56. The van der Waals surface area contributed by atoms with E-state index in [1.165, 1.54) is 12.1 Å². The van der Waals surface area contributed by atoms with Crippen LogP contribution in [0.15, 0.2) is 39.4 Å². The van der Waals surface area contributed by atoms with Crippen molar-refractivity contribution < 1.29 is 32.1 Å². The molecule has 0 radical (unpaired) electrons. The quantitative estimate of drug-likeness (QED) is 0.777. The third-order valence-electron chi connectivity index (χ3n) is 2.86. The Hall–Kier alpha value is -3.37. The summed E-state index contributed by atoms with van der Waals surface area (Å²) in [7, 11) is 0. The second kappa shape index (κ2) is 5.68. The topological polar surface area (TPSA) is 117 Å². The second-order valence-electron chi connectivity index (χ2n) is 4.43. The van der Waals surface area contributed by atoms with Crippen LogP contribution in [-0.2, 0) is 6.18 Å². The molecule has 0 saturated carbocycles. The summed E-state index contributed by atoms with van der Waals surface area (Å²) < 4.78 is 49.6. The van der Waals surface area contributed by atoms with E-state index in [0.29, 0.717) is 0 Å². The summed E-state index contributed by atoms with van der Waals surface area (Å²) in [6.07, 6.45) is -6.57. The summed E-state index contributed by atoms with van der Waals surface area (Å²) in [5.74, 6) is -2.09. The standard InChI is InChI=1S/C13H7F3N4O4/c14-13(15,16)7-8(6-4-2-1-3-5-6)19-23-9(7)10-17-11(20-24-10)18-12(21)22/h1-5H,(H,18,20)(H,21,22)/p-1. The molecule has 1 aromatic carbocycles. The first-order chi connectivity index (χ1) is 11.4. The average Bonchev–Trinajstić information content (AvgIpc) is 3.13. The third kappa shape index (κ3) is 2.91. The molecule has 0 aliphatic rings. The van der Waals surface area contributed by atoms with Crippen molar-refractivity contribution in [2.45, 2.75) is 6.18 Å². The van der Waals surface area contributed by atoms with Gasteiger partial charge in [0.05, 0.1) is 0 Å². The molecular weight excluding hydrogens is 333 g/mol. The summed E-state index contributed by atoms with van der Waals surface area (Å²) in [6.45, 7) is 0. The van der Waals surface area contributed by atoms with Crippen LogP contribution in [0.4, 0.5) is 23.9 Å². The van der Waals surface area contributed by atoms with E-state index in [9.17, 15) is 23.1 Å². The van der Waals surface area contributed by atoms with Crippen LogP contribution in [0.5, 0.6) is 0 Å². The number of carbonyl (C=O) groups excluding carboxylic acids is 1. The lowest BCUT2D eigenvalue weighted by molar-refractivity contribution is -0.242. The molecule has 0 aliphatic heterocycles. The van der Waals surface area contributed by atoms with Crippen LogP contribution in [0.25, 0.3) is 22.9 Å². The first-order valence-corrected chi connectivity index (χ1v) is 6.30. The zero-order valence-corrected chi connectivity index (χ0v) is 11.5. The molecule has 2 heterocycles. The monoisotopic (exact) mass is 339 g/mol. The maximum absolute atomic E-state index is 13.4. The fraction of sp³-hybridized carbons (Fsp3) is 0.0769. The van der Waals surface area contributed by atoms with Gasteiger partial charge in [-0.05, 0) is 5.16 Å². The Labute approximate surface area is 130 Å². The van der Waals surface area contributed by atoms with Crippen molar-refractivity contribution in [1.29, 1.82) is 0 Å². The number of benzene rings is 1. The number of hydrogen-bond donors (Lipinski definition) is 1. The molecule has 3 aromatic rings. The van der Waals surface area contributed by atoms with Crippen molar-refractivity contribution in [2.24, 2.45) is 0 Å². The van der Waals surface area contributed by atoms with Crippen molar-refractivity contribution >= 4 is 12.0 Å². The van der Waals surface area contributed by atoms with Crippen LogP contribution < -0.4 is 10.4 Å². The lowest BCUT2D eigenvalue weighted by Crippen LogP contribution is -2.29. The Balaban J connectivity index is 2.11. The number of rotatable bonds is 3. The highest BCUT2D eigenvalue weighted by atomic mass is 19.4. The normalized spacial score (nSPS) is 11.5. The van der Waals surface area contributed by atoms with Crippen LogP contribution in [0.3, 0.4) is 0 Å². The van der Waals surface area contributed by atoms with E-state index in [2.05, 4.69) is 19.8 Å². The molecule has 1 N–H and O–H groups in total.